The minimum atomic E-state index is -0.211. The summed E-state index contributed by atoms with van der Waals surface area (Å²) in [6, 6.07) is 13.0. The second-order valence-electron chi connectivity index (χ2n) is 9.83. The number of hydrogen-bond donors (Lipinski definition) is 1. The lowest BCUT2D eigenvalue weighted by Gasteiger charge is -2.37. The monoisotopic (exact) mass is 440 g/mol. The van der Waals surface area contributed by atoms with E-state index >= 15 is 0 Å². The van der Waals surface area contributed by atoms with E-state index in [0.29, 0.717) is 23.1 Å². The molecule has 6 atom stereocenters. The van der Waals surface area contributed by atoms with E-state index in [4.69, 9.17) is 0 Å². The topological polar surface area (TPSA) is 66.5 Å². The lowest BCUT2D eigenvalue weighted by molar-refractivity contribution is -0.124. The molecular weight excluding hydrogens is 412 g/mol. The smallest absolute Gasteiger partial charge is 0.255 e. The highest BCUT2D eigenvalue weighted by Crippen LogP contribution is 2.65. The van der Waals surface area contributed by atoms with Crippen LogP contribution in [0.1, 0.15) is 41.8 Å². The minimum Gasteiger partial charge on any atom is -0.321 e. The summed E-state index contributed by atoms with van der Waals surface area (Å²) < 4.78 is 0. The van der Waals surface area contributed by atoms with Gasteiger partial charge in [-0.25, -0.2) is 0 Å². The van der Waals surface area contributed by atoms with Gasteiger partial charge in [-0.1, -0.05) is 44.2 Å². The molecule has 1 aliphatic heterocycles. The lowest BCUT2D eigenvalue weighted by atomic mass is 9.63. The summed E-state index contributed by atoms with van der Waals surface area (Å²) in [6.07, 6.45) is 7.19. The van der Waals surface area contributed by atoms with E-state index in [1.54, 1.807) is 24.3 Å². The number of nitrogens with one attached hydrogen (secondary N) is 1. The Morgan fingerprint density at radius 3 is 1.94 bits per heavy atom. The fourth-order valence-corrected chi connectivity index (χ4v) is 6.56. The first-order chi connectivity index (χ1) is 16.0. The summed E-state index contributed by atoms with van der Waals surface area (Å²) in [5.74, 6) is 0.839. The molecule has 5 heteroatoms. The van der Waals surface area contributed by atoms with Crippen molar-refractivity contribution in [1.29, 1.82) is 0 Å². The Morgan fingerprint density at radius 2 is 1.42 bits per heavy atom. The maximum Gasteiger partial charge on any atom is 0.255 e. The number of imide groups is 1. The quantitative estimate of drug-likeness (QED) is 0.545. The van der Waals surface area contributed by atoms with Gasteiger partial charge in [0.05, 0.1) is 17.5 Å². The summed E-state index contributed by atoms with van der Waals surface area (Å²) >= 11 is 0. The SMILES string of the molecule is CCc1cccc(CC)c1NC(=O)c1ccc(N2C(=O)[C@@H]3[C@H]4C=C[C@@H]([C@@H]5C[C@@H]45)[C@H]3C2=O)cc1. The van der Waals surface area contributed by atoms with Crippen LogP contribution in [0.4, 0.5) is 11.4 Å². The largest absolute Gasteiger partial charge is 0.321 e. The number of allylic oxidation sites excluding steroid dienone is 2. The van der Waals surface area contributed by atoms with Gasteiger partial charge in [0, 0.05) is 11.3 Å². The van der Waals surface area contributed by atoms with Crippen molar-refractivity contribution in [1.82, 2.24) is 0 Å². The van der Waals surface area contributed by atoms with Crippen LogP contribution >= 0.6 is 0 Å². The molecule has 2 aromatic carbocycles. The number of hydrogen-bond acceptors (Lipinski definition) is 3. The number of nitrogens with zero attached hydrogens (tertiary/aromatic N) is 1. The molecule has 2 saturated carbocycles. The van der Waals surface area contributed by atoms with Gasteiger partial charge in [-0.05, 0) is 78.3 Å². The van der Waals surface area contributed by atoms with Crippen molar-refractivity contribution in [3.63, 3.8) is 0 Å². The Morgan fingerprint density at radius 1 is 0.879 bits per heavy atom. The zero-order valence-corrected chi connectivity index (χ0v) is 19.0. The van der Waals surface area contributed by atoms with Gasteiger partial charge in [0.2, 0.25) is 11.8 Å². The molecule has 0 radical (unpaired) electrons. The second-order valence-corrected chi connectivity index (χ2v) is 9.83. The normalized spacial score (nSPS) is 30.9. The molecule has 5 nitrogen and oxygen atoms in total. The summed E-state index contributed by atoms with van der Waals surface area (Å²) in [7, 11) is 0. The van der Waals surface area contributed by atoms with Gasteiger partial charge in [-0.2, -0.15) is 0 Å². The van der Waals surface area contributed by atoms with Crippen LogP contribution in [-0.4, -0.2) is 17.7 Å². The summed E-state index contributed by atoms with van der Waals surface area (Å²) in [4.78, 5) is 41.0. The molecule has 0 aromatic heterocycles. The second kappa shape index (κ2) is 7.41. The molecule has 2 bridgehead atoms. The molecule has 1 saturated heterocycles. The Bertz CT molecular complexity index is 1140. The molecule has 168 valence electrons. The van der Waals surface area contributed by atoms with Crippen LogP contribution in [-0.2, 0) is 22.4 Å². The van der Waals surface area contributed by atoms with Crippen molar-refractivity contribution in [3.05, 3.63) is 71.3 Å². The zero-order valence-electron chi connectivity index (χ0n) is 19.0. The van der Waals surface area contributed by atoms with E-state index in [2.05, 4.69) is 31.3 Å². The van der Waals surface area contributed by atoms with Crippen molar-refractivity contribution in [3.8, 4) is 0 Å². The Kier molecular flexibility index (Phi) is 4.58. The van der Waals surface area contributed by atoms with Crippen molar-refractivity contribution in [2.45, 2.75) is 33.1 Å². The van der Waals surface area contributed by atoms with Crippen LogP contribution in [0.3, 0.4) is 0 Å². The predicted octanol–water partition coefficient (Wildman–Crippen LogP) is 4.62. The predicted molar refractivity (Wildman–Crippen MR) is 127 cm³/mol. The molecule has 7 rings (SSSR count). The minimum absolute atomic E-state index is 0.0728. The Labute approximate surface area is 193 Å². The average molecular weight is 441 g/mol. The third-order valence-electron chi connectivity index (χ3n) is 8.29. The standard InChI is InChI=1S/C28H28N2O3/c1-3-15-6-5-7-16(4-2)25(15)29-26(31)17-8-10-18(11-9-17)30-27(32)23-19-12-13-20(22-14-21(19)22)24(23)28(30)33/h5-13,19-24H,3-4,14H2,1-2H3,(H,29,31)/t19-,20-,21-,22-,23+,24+/m0/s1. The van der Waals surface area contributed by atoms with Crippen LogP contribution < -0.4 is 10.2 Å². The van der Waals surface area contributed by atoms with Crippen molar-refractivity contribution >= 4 is 29.1 Å². The fraction of sp³-hybridized carbons (Fsp3) is 0.393. The number of amides is 3. The zero-order chi connectivity index (χ0) is 22.9. The number of aryl methyl sites for hydroxylation is 2. The Hall–Kier alpha value is -3.21. The van der Waals surface area contributed by atoms with Gasteiger partial charge < -0.3 is 5.32 Å². The van der Waals surface area contributed by atoms with Crippen LogP contribution in [0.2, 0.25) is 0 Å². The van der Waals surface area contributed by atoms with Crippen molar-refractivity contribution < 1.29 is 14.4 Å². The number of benzene rings is 2. The number of carbonyl (C=O) groups excluding carboxylic acids is 3. The van der Waals surface area contributed by atoms with Gasteiger partial charge in [0.1, 0.15) is 0 Å². The highest BCUT2D eigenvalue weighted by molar-refractivity contribution is 6.22. The molecular formula is C28H28N2O3. The van der Waals surface area contributed by atoms with Gasteiger partial charge in [0.25, 0.3) is 5.91 Å². The third-order valence-corrected chi connectivity index (χ3v) is 8.29. The molecule has 0 spiro atoms. The molecule has 4 aliphatic carbocycles. The van der Waals surface area contributed by atoms with E-state index in [9.17, 15) is 14.4 Å². The van der Waals surface area contributed by atoms with Crippen LogP contribution in [0.25, 0.3) is 0 Å². The first-order valence-corrected chi connectivity index (χ1v) is 12.1. The Balaban J connectivity index is 1.23. The van der Waals surface area contributed by atoms with E-state index in [0.717, 1.165) is 36.1 Å². The molecule has 2 aromatic rings. The molecule has 3 amide bonds. The van der Waals surface area contributed by atoms with Crippen molar-refractivity contribution in [2.75, 3.05) is 10.2 Å². The molecule has 5 aliphatic rings. The number of carbonyl (C=O) groups is 3. The van der Waals surface area contributed by atoms with Crippen LogP contribution in [0.15, 0.2) is 54.6 Å². The first-order valence-electron chi connectivity index (χ1n) is 12.1. The van der Waals surface area contributed by atoms with E-state index in [1.807, 2.05) is 18.2 Å². The lowest BCUT2D eigenvalue weighted by Crippen LogP contribution is -2.40. The summed E-state index contributed by atoms with van der Waals surface area (Å²) in [6.45, 7) is 4.15. The van der Waals surface area contributed by atoms with E-state index in [1.165, 1.54) is 4.90 Å². The highest BCUT2D eigenvalue weighted by atomic mass is 16.2. The van der Waals surface area contributed by atoms with Gasteiger partial charge in [0.15, 0.2) is 0 Å². The van der Waals surface area contributed by atoms with E-state index in [-0.39, 0.29) is 41.4 Å². The summed E-state index contributed by atoms with van der Waals surface area (Å²) in [5.41, 5.74) is 4.17. The van der Waals surface area contributed by atoms with Crippen molar-refractivity contribution in [2.24, 2.45) is 35.5 Å². The molecule has 1 heterocycles. The molecule has 0 unspecified atom stereocenters. The molecule has 1 N–H and O–H groups in total. The third kappa shape index (κ3) is 2.94. The number of anilines is 2. The van der Waals surface area contributed by atoms with Gasteiger partial charge in [-0.15, -0.1) is 0 Å². The first kappa shape index (κ1) is 20.4. The maximum atomic E-state index is 13.3. The maximum absolute atomic E-state index is 13.3. The molecule has 3 fully saturated rings. The fourth-order valence-electron chi connectivity index (χ4n) is 6.56. The molecule has 33 heavy (non-hydrogen) atoms. The average Bonchev–Trinajstić information content (AvgIpc) is 3.62. The van der Waals surface area contributed by atoms with E-state index < -0.39 is 0 Å². The highest BCUT2D eigenvalue weighted by Gasteiger charge is 2.67. The number of para-hydroxylation sites is 1. The number of rotatable bonds is 5. The van der Waals surface area contributed by atoms with Gasteiger partial charge in [-0.3, -0.25) is 19.3 Å². The van der Waals surface area contributed by atoms with Crippen LogP contribution in [0, 0.1) is 35.5 Å². The summed E-state index contributed by atoms with van der Waals surface area (Å²) in [5, 5.41) is 3.08. The van der Waals surface area contributed by atoms with Crippen LogP contribution in [0.5, 0.6) is 0 Å². The van der Waals surface area contributed by atoms with Gasteiger partial charge >= 0.3 is 0 Å².